The Balaban J connectivity index is 1.35. The van der Waals surface area contributed by atoms with Crippen LogP contribution < -0.4 is 9.64 Å². The van der Waals surface area contributed by atoms with Gasteiger partial charge in [-0.25, -0.2) is 9.37 Å². The zero-order valence-electron chi connectivity index (χ0n) is 14.9. The molecule has 27 heavy (non-hydrogen) atoms. The number of anilines is 1. The van der Waals surface area contributed by atoms with E-state index in [0.717, 1.165) is 29.9 Å². The number of benzene rings is 2. The summed E-state index contributed by atoms with van der Waals surface area (Å²) in [6, 6.07) is 13.7. The van der Waals surface area contributed by atoms with E-state index in [2.05, 4.69) is 14.9 Å². The number of aromatic nitrogens is 2. The number of carbonyl (C=O) groups excluding carboxylic acids is 1. The van der Waals surface area contributed by atoms with Crippen molar-refractivity contribution >= 4 is 22.9 Å². The fourth-order valence-electron chi connectivity index (χ4n) is 3.26. The van der Waals surface area contributed by atoms with Crippen LogP contribution in [-0.2, 0) is 4.79 Å². The van der Waals surface area contributed by atoms with E-state index in [1.807, 2.05) is 24.3 Å². The molecule has 0 saturated carbocycles. The molecule has 1 aliphatic rings. The summed E-state index contributed by atoms with van der Waals surface area (Å²) in [5.41, 5.74) is 1.95. The van der Waals surface area contributed by atoms with Crippen LogP contribution in [0.15, 0.2) is 48.5 Å². The number of para-hydroxylation sites is 2. The summed E-state index contributed by atoms with van der Waals surface area (Å²) in [6.45, 7) is 2.71. The number of aromatic amines is 1. The fraction of sp³-hybridized carbons (Fsp3) is 0.300. The Morgan fingerprint density at radius 1 is 1.11 bits per heavy atom. The number of rotatable bonds is 4. The van der Waals surface area contributed by atoms with Gasteiger partial charge in [0.1, 0.15) is 11.6 Å². The van der Waals surface area contributed by atoms with Gasteiger partial charge in [-0.3, -0.25) is 4.79 Å². The van der Waals surface area contributed by atoms with Crippen molar-refractivity contribution in [1.82, 2.24) is 14.9 Å². The summed E-state index contributed by atoms with van der Waals surface area (Å²) in [5.74, 6) is 0.727. The maximum absolute atomic E-state index is 13.2. The lowest BCUT2D eigenvalue weighted by atomic mass is 10.3. The minimum atomic E-state index is -0.379. The molecule has 1 amide bonds. The van der Waals surface area contributed by atoms with Crippen molar-refractivity contribution in [3.05, 3.63) is 54.3 Å². The summed E-state index contributed by atoms with van der Waals surface area (Å²) in [4.78, 5) is 24.4. The summed E-state index contributed by atoms with van der Waals surface area (Å²) in [5, 5.41) is 0. The molecule has 0 spiro atoms. The lowest BCUT2D eigenvalue weighted by Gasteiger charge is -2.21. The van der Waals surface area contributed by atoms with Crippen LogP contribution in [0.25, 0.3) is 11.0 Å². The molecule has 2 heterocycles. The van der Waals surface area contributed by atoms with Gasteiger partial charge in [0.15, 0.2) is 6.61 Å². The van der Waals surface area contributed by atoms with Gasteiger partial charge >= 0.3 is 0 Å². The molecule has 1 fully saturated rings. The summed E-state index contributed by atoms with van der Waals surface area (Å²) in [7, 11) is 0. The van der Waals surface area contributed by atoms with Crippen LogP contribution in [-0.4, -0.2) is 53.6 Å². The highest BCUT2D eigenvalue weighted by atomic mass is 19.1. The van der Waals surface area contributed by atoms with Crippen molar-refractivity contribution in [3.63, 3.8) is 0 Å². The SMILES string of the molecule is O=C(COc1cccc(F)c1)N1CCCN(c2nc3ccccc3[nH]2)CC1. The molecule has 4 rings (SSSR count). The summed E-state index contributed by atoms with van der Waals surface area (Å²) >= 11 is 0. The first-order valence-electron chi connectivity index (χ1n) is 9.05. The van der Waals surface area contributed by atoms with Crippen molar-refractivity contribution in [1.29, 1.82) is 0 Å². The number of imidazole rings is 1. The van der Waals surface area contributed by atoms with Gasteiger partial charge in [-0.05, 0) is 30.7 Å². The van der Waals surface area contributed by atoms with Crippen LogP contribution >= 0.6 is 0 Å². The van der Waals surface area contributed by atoms with Crippen LogP contribution in [0.3, 0.4) is 0 Å². The van der Waals surface area contributed by atoms with Crippen molar-refractivity contribution in [2.45, 2.75) is 6.42 Å². The van der Waals surface area contributed by atoms with E-state index in [0.29, 0.717) is 25.4 Å². The van der Waals surface area contributed by atoms with Gasteiger partial charge in [0.05, 0.1) is 11.0 Å². The summed E-state index contributed by atoms with van der Waals surface area (Å²) < 4.78 is 18.6. The molecular weight excluding hydrogens is 347 g/mol. The normalized spacial score (nSPS) is 15.0. The average molecular weight is 368 g/mol. The second kappa shape index (κ2) is 7.65. The summed E-state index contributed by atoms with van der Waals surface area (Å²) in [6.07, 6.45) is 0.850. The topological polar surface area (TPSA) is 61.5 Å². The van der Waals surface area contributed by atoms with Crippen LogP contribution in [0.1, 0.15) is 6.42 Å². The first kappa shape index (κ1) is 17.3. The Bertz CT molecular complexity index is 909. The van der Waals surface area contributed by atoms with E-state index >= 15 is 0 Å². The van der Waals surface area contributed by atoms with Gasteiger partial charge in [0.25, 0.3) is 5.91 Å². The smallest absolute Gasteiger partial charge is 0.260 e. The molecule has 0 radical (unpaired) electrons. The van der Waals surface area contributed by atoms with Crippen molar-refractivity contribution in [2.75, 3.05) is 37.7 Å². The molecule has 1 saturated heterocycles. The number of carbonyl (C=O) groups is 1. The molecule has 0 atom stereocenters. The number of nitrogens with one attached hydrogen (secondary N) is 1. The standard InChI is InChI=1S/C20H21FN4O2/c21-15-5-3-6-16(13-15)27-14-19(26)24-9-4-10-25(12-11-24)20-22-17-7-1-2-8-18(17)23-20/h1-3,5-8,13H,4,9-12,14H2,(H,22,23). The van der Waals surface area contributed by atoms with Gasteiger partial charge in [0.2, 0.25) is 5.95 Å². The maximum Gasteiger partial charge on any atom is 0.260 e. The van der Waals surface area contributed by atoms with E-state index in [4.69, 9.17) is 4.74 Å². The zero-order chi connectivity index (χ0) is 18.6. The third-order valence-corrected chi connectivity index (χ3v) is 4.68. The monoisotopic (exact) mass is 368 g/mol. The largest absolute Gasteiger partial charge is 0.484 e. The van der Waals surface area contributed by atoms with Gasteiger partial charge in [-0.15, -0.1) is 0 Å². The predicted molar refractivity (Wildman–Crippen MR) is 101 cm³/mol. The molecule has 1 aromatic heterocycles. The number of H-pyrrole nitrogens is 1. The van der Waals surface area contributed by atoms with Gasteiger partial charge in [0, 0.05) is 32.2 Å². The minimum Gasteiger partial charge on any atom is -0.484 e. The Morgan fingerprint density at radius 3 is 2.85 bits per heavy atom. The van der Waals surface area contributed by atoms with E-state index in [9.17, 15) is 9.18 Å². The fourth-order valence-corrected chi connectivity index (χ4v) is 3.26. The first-order chi connectivity index (χ1) is 13.2. The third kappa shape index (κ3) is 4.02. The molecule has 1 aliphatic heterocycles. The van der Waals surface area contributed by atoms with Crippen molar-refractivity contribution in [3.8, 4) is 5.75 Å². The Morgan fingerprint density at radius 2 is 2.00 bits per heavy atom. The molecule has 3 aromatic rings. The average Bonchev–Trinajstić information content (AvgIpc) is 2.95. The molecule has 0 bridgehead atoms. The second-order valence-electron chi connectivity index (χ2n) is 6.54. The molecule has 2 aromatic carbocycles. The highest BCUT2D eigenvalue weighted by Crippen LogP contribution is 2.18. The van der Waals surface area contributed by atoms with Crippen LogP contribution in [0.5, 0.6) is 5.75 Å². The van der Waals surface area contributed by atoms with E-state index in [1.165, 1.54) is 12.1 Å². The molecule has 140 valence electrons. The number of nitrogens with zero attached hydrogens (tertiary/aromatic N) is 3. The van der Waals surface area contributed by atoms with Gasteiger partial charge in [-0.2, -0.15) is 0 Å². The number of hydrogen-bond acceptors (Lipinski definition) is 4. The van der Waals surface area contributed by atoms with E-state index in [-0.39, 0.29) is 18.3 Å². The van der Waals surface area contributed by atoms with E-state index in [1.54, 1.807) is 17.0 Å². The molecule has 0 aliphatic carbocycles. The lowest BCUT2D eigenvalue weighted by molar-refractivity contribution is -0.133. The number of halogens is 1. The zero-order valence-corrected chi connectivity index (χ0v) is 14.9. The first-order valence-corrected chi connectivity index (χ1v) is 9.05. The van der Waals surface area contributed by atoms with Crippen molar-refractivity contribution in [2.24, 2.45) is 0 Å². The number of amides is 1. The predicted octanol–water partition coefficient (Wildman–Crippen LogP) is 2.82. The number of hydrogen-bond donors (Lipinski definition) is 1. The number of fused-ring (bicyclic) bond motifs is 1. The Labute approximate surface area is 156 Å². The van der Waals surface area contributed by atoms with Crippen LogP contribution in [0.2, 0.25) is 0 Å². The highest BCUT2D eigenvalue weighted by Gasteiger charge is 2.21. The van der Waals surface area contributed by atoms with E-state index < -0.39 is 0 Å². The second-order valence-corrected chi connectivity index (χ2v) is 6.54. The van der Waals surface area contributed by atoms with Gasteiger partial charge < -0.3 is 19.5 Å². The highest BCUT2D eigenvalue weighted by molar-refractivity contribution is 5.78. The maximum atomic E-state index is 13.2. The van der Waals surface area contributed by atoms with Gasteiger partial charge in [-0.1, -0.05) is 18.2 Å². The lowest BCUT2D eigenvalue weighted by Crippen LogP contribution is -2.38. The van der Waals surface area contributed by atoms with Crippen LogP contribution in [0.4, 0.5) is 10.3 Å². The Hall–Kier alpha value is -3.09. The van der Waals surface area contributed by atoms with Crippen molar-refractivity contribution < 1.29 is 13.9 Å². The molecule has 7 heteroatoms. The molecular formula is C20H21FN4O2. The molecule has 1 N–H and O–H groups in total. The Kier molecular flexibility index (Phi) is 4.91. The third-order valence-electron chi connectivity index (χ3n) is 4.68. The quantitative estimate of drug-likeness (QED) is 0.769. The van der Waals surface area contributed by atoms with Crippen LogP contribution in [0, 0.1) is 5.82 Å². The molecule has 6 nitrogen and oxygen atoms in total. The molecule has 0 unspecified atom stereocenters. The minimum absolute atomic E-state index is 0.0892. The number of ether oxygens (including phenoxy) is 1.